The Labute approximate surface area is 187 Å². The summed E-state index contributed by atoms with van der Waals surface area (Å²) in [5.74, 6) is 0.809. The number of anilines is 1. The van der Waals surface area contributed by atoms with Gasteiger partial charge in [0.2, 0.25) is 0 Å². The lowest BCUT2D eigenvalue weighted by Crippen LogP contribution is -2.36. The Kier molecular flexibility index (Phi) is 6.44. The molecular formula is C25H28FN3O3. The van der Waals surface area contributed by atoms with Crippen molar-refractivity contribution in [3.8, 4) is 11.5 Å². The third-order valence-corrected chi connectivity index (χ3v) is 5.97. The van der Waals surface area contributed by atoms with E-state index in [0.29, 0.717) is 33.7 Å². The van der Waals surface area contributed by atoms with Gasteiger partial charge in [0.1, 0.15) is 5.82 Å². The minimum atomic E-state index is -0.372. The van der Waals surface area contributed by atoms with Gasteiger partial charge in [0.25, 0.3) is 5.91 Å². The molecule has 168 valence electrons. The lowest BCUT2D eigenvalue weighted by atomic mass is 10.0. The summed E-state index contributed by atoms with van der Waals surface area (Å²) in [6.45, 7) is 3.44. The number of carbonyl (C=O) groups excluding carboxylic acids is 1. The van der Waals surface area contributed by atoms with Crippen molar-refractivity contribution in [1.29, 1.82) is 0 Å². The number of halogens is 1. The van der Waals surface area contributed by atoms with E-state index in [0.717, 1.165) is 37.9 Å². The molecule has 1 atom stereocenters. The zero-order chi connectivity index (χ0) is 22.7. The van der Waals surface area contributed by atoms with Crippen molar-refractivity contribution in [1.82, 2.24) is 9.88 Å². The maximum atomic E-state index is 14.2. The molecule has 2 aromatic carbocycles. The molecule has 1 amide bonds. The Hall–Kier alpha value is -3.35. The van der Waals surface area contributed by atoms with E-state index in [1.165, 1.54) is 12.1 Å². The van der Waals surface area contributed by atoms with E-state index in [4.69, 9.17) is 9.47 Å². The van der Waals surface area contributed by atoms with Crippen molar-refractivity contribution >= 4 is 22.5 Å². The molecule has 1 aliphatic rings. The highest BCUT2D eigenvalue weighted by Crippen LogP contribution is 2.34. The topological polar surface area (TPSA) is 63.7 Å². The zero-order valence-corrected chi connectivity index (χ0v) is 18.7. The van der Waals surface area contributed by atoms with Gasteiger partial charge in [-0.3, -0.25) is 9.78 Å². The molecule has 4 rings (SSSR count). The molecule has 1 fully saturated rings. The molecule has 0 bridgehead atoms. The molecule has 0 radical (unpaired) electrons. The minimum absolute atomic E-state index is 0.0784. The van der Waals surface area contributed by atoms with Crippen LogP contribution in [-0.4, -0.2) is 43.1 Å². The number of carbonyl (C=O) groups is 1. The number of nitrogens with one attached hydrogen (secondary N) is 1. The predicted molar refractivity (Wildman–Crippen MR) is 123 cm³/mol. The number of hydrogen-bond acceptors (Lipinski definition) is 5. The summed E-state index contributed by atoms with van der Waals surface area (Å²) in [5, 5.41) is 4.04. The number of aromatic nitrogens is 1. The second kappa shape index (κ2) is 9.42. The molecule has 2 heterocycles. The molecule has 1 aromatic heterocycles. The summed E-state index contributed by atoms with van der Waals surface area (Å²) < 4.78 is 24.9. The van der Waals surface area contributed by atoms with E-state index in [1.54, 1.807) is 26.5 Å². The van der Waals surface area contributed by atoms with Crippen LogP contribution in [0, 0.1) is 5.82 Å². The molecule has 3 aromatic rings. The summed E-state index contributed by atoms with van der Waals surface area (Å²) in [6.07, 6.45) is 4.71. The fraction of sp³-hybridized carbons (Fsp3) is 0.360. The first kappa shape index (κ1) is 21.9. The van der Waals surface area contributed by atoms with Crippen LogP contribution < -0.4 is 14.8 Å². The number of benzene rings is 2. The number of piperidine rings is 1. The number of nitrogens with zero attached hydrogens (tertiary/aromatic N) is 2. The summed E-state index contributed by atoms with van der Waals surface area (Å²) in [5.41, 5.74) is 2.62. The van der Waals surface area contributed by atoms with Crippen molar-refractivity contribution < 1.29 is 18.7 Å². The SMILES string of the molecule is COc1ccc([C@@H](C)Nc2c(C(=O)N3CCCCC3)cnc3ccc(F)cc23)cc1OC. The maximum absolute atomic E-state index is 14.2. The van der Waals surface area contributed by atoms with Crippen molar-refractivity contribution in [3.63, 3.8) is 0 Å². The second-order valence-corrected chi connectivity index (χ2v) is 8.04. The largest absolute Gasteiger partial charge is 0.493 e. The van der Waals surface area contributed by atoms with Gasteiger partial charge in [-0.05, 0) is 62.1 Å². The van der Waals surface area contributed by atoms with Crippen molar-refractivity contribution in [2.75, 3.05) is 32.6 Å². The molecule has 7 heteroatoms. The number of likely N-dealkylation sites (tertiary alicyclic amines) is 1. The van der Waals surface area contributed by atoms with Crippen molar-refractivity contribution in [2.45, 2.75) is 32.2 Å². The highest BCUT2D eigenvalue weighted by Gasteiger charge is 2.24. The van der Waals surface area contributed by atoms with Gasteiger partial charge in [-0.2, -0.15) is 0 Å². The van der Waals surface area contributed by atoms with Gasteiger partial charge in [-0.25, -0.2) is 4.39 Å². The average Bonchev–Trinajstić information content (AvgIpc) is 2.83. The van der Waals surface area contributed by atoms with Crippen molar-refractivity contribution in [2.24, 2.45) is 0 Å². The van der Waals surface area contributed by atoms with Gasteiger partial charge in [-0.1, -0.05) is 6.07 Å². The highest BCUT2D eigenvalue weighted by atomic mass is 19.1. The van der Waals surface area contributed by atoms with Crippen LogP contribution in [0.15, 0.2) is 42.6 Å². The zero-order valence-electron chi connectivity index (χ0n) is 18.7. The molecule has 32 heavy (non-hydrogen) atoms. The van der Waals surface area contributed by atoms with Crippen LogP contribution in [0.25, 0.3) is 10.9 Å². The first-order valence-electron chi connectivity index (χ1n) is 10.9. The first-order valence-corrected chi connectivity index (χ1v) is 10.9. The summed E-state index contributed by atoms with van der Waals surface area (Å²) in [6, 6.07) is 9.93. The molecule has 1 N–H and O–H groups in total. The van der Waals surface area contributed by atoms with E-state index in [2.05, 4.69) is 10.3 Å². The van der Waals surface area contributed by atoms with Crippen LogP contribution in [0.3, 0.4) is 0 Å². The van der Waals surface area contributed by atoms with Gasteiger partial charge < -0.3 is 19.7 Å². The van der Waals surface area contributed by atoms with Crippen molar-refractivity contribution in [3.05, 3.63) is 59.5 Å². The van der Waals surface area contributed by atoms with Crippen LogP contribution in [-0.2, 0) is 0 Å². The Morgan fingerprint density at radius 1 is 1.06 bits per heavy atom. The van der Waals surface area contributed by atoms with Gasteiger partial charge in [0.05, 0.1) is 31.0 Å². The predicted octanol–water partition coefficient (Wildman–Crippen LogP) is 5.19. The van der Waals surface area contributed by atoms with E-state index in [1.807, 2.05) is 30.0 Å². The molecule has 1 saturated heterocycles. The van der Waals surface area contributed by atoms with Crippen LogP contribution >= 0.6 is 0 Å². The summed E-state index contributed by atoms with van der Waals surface area (Å²) in [4.78, 5) is 19.7. The van der Waals surface area contributed by atoms with Crippen LogP contribution in [0.4, 0.5) is 10.1 Å². The highest BCUT2D eigenvalue weighted by molar-refractivity contribution is 6.07. The fourth-order valence-electron chi connectivity index (χ4n) is 4.17. The van der Waals surface area contributed by atoms with Gasteiger partial charge in [-0.15, -0.1) is 0 Å². The van der Waals surface area contributed by atoms with Crippen LogP contribution in [0.5, 0.6) is 11.5 Å². The van der Waals surface area contributed by atoms with E-state index in [-0.39, 0.29) is 17.8 Å². The maximum Gasteiger partial charge on any atom is 0.257 e. The average molecular weight is 438 g/mol. The number of hydrogen-bond donors (Lipinski definition) is 1. The number of fused-ring (bicyclic) bond motifs is 1. The van der Waals surface area contributed by atoms with Gasteiger partial charge in [0, 0.05) is 30.7 Å². The Bertz CT molecular complexity index is 1130. The Balaban J connectivity index is 1.75. The third-order valence-electron chi connectivity index (χ3n) is 5.97. The summed E-state index contributed by atoms with van der Waals surface area (Å²) in [7, 11) is 3.18. The quantitative estimate of drug-likeness (QED) is 0.575. The molecular weight excluding hydrogens is 409 g/mol. The lowest BCUT2D eigenvalue weighted by Gasteiger charge is -2.28. The minimum Gasteiger partial charge on any atom is -0.493 e. The Morgan fingerprint density at radius 3 is 2.53 bits per heavy atom. The molecule has 1 aliphatic heterocycles. The standard InChI is InChI=1S/C25H28FN3O3/c1-16(17-7-10-22(31-2)23(13-17)32-3)28-24-19-14-18(26)8-9-21(19)27-15-20(24)25(30)29-11-5-4-6-12-29/h7-10,13-16H,4-6,11-12H2,1-3H3,(H,27,28)/t16-/m1/s1. The van der Waals surface area contributed by atoms with Gasteiger partial charge in [0.15, 0.2) is 11.5 Å². The summed E-state index contributed by atoms with van der Waals surface area (Å²) >= 11 is 0. The number of methoxy groups -OCH3 is 2. The second-order valence-electron chi connectivity index (χ2n) is 8.04. The fourth-order valence-corrected chi connectivity index (χ4v) is 4.17. The molecule has 0 spiro atoms. The molecule has 6 nitrogen and oxygen atoms in total. The number of pyridine rings is 1. The van der Waals surface area contributed by atoms with Gasteiger partial charge >= 0.3 is 0 Å². The lowest BCUT2D eigenvalue weighted by molar-refractivity contribution is 0.0725. The number of rotatable bonds is 6. The first-order chi connectivity index (χ1) is 15.5. The molecule has 0 unspecified atom stereocenters. The molecule has 0 aliphatic carbocycles. The van der Waals surface area contributed by atoms with E-state index >= 15 is 0 Å². The van der Waals surface area contributed by atoms with Crippen LogP contribution in [0.1, 0.15) is 48.1 Å². The van der Waals surface area contributed by atoms with E-state index in [9.17, 15) is 9.18 Å². The number of ether oxygens (including phenoxy) is 2. The normalized spacial score (nSPS) is 14.8. The smallest absolute Gasteiger partial charge is 0.257 e. The Morgan fingerprint density at radius 2 is 1.81 bits per heavy atom. The van der Waals surface area contributed by atoms with Crippen LogP contribution in [0.2, 0.25) is 0 Å². The monoisotopic (exact) mass is 437 g/mol. The van der Waals surface area contributed by atoms with E-state index < -0.39 is 0 Å². The molecule has 0 saturated carbocycles. The number of amides is 1. The third kappa shape index (κ3) is 4.33.